The number of thiophene rings is 1. The van der Waals surface area contributed by atoms with E-state index in [2.05, 4.69) is 9.97 Å². The average molecular weight is 406 g/mol. The number of fused-ring (bicyclic) bond motifs is 1. The van der Waals surface area contributed by atoms with E-state index < -0.39 is 0 Å². The van der Waals surface area contributed by atoms with Crippen molar-refractivity contribution in [3.05, 3.63) is 40.0 Å². The van der Waals surface area contributed by atoms with Crippen LogP contribution in [0.1, 0.15) is 29.1 Å². The molecule has 0 atom stereocenters. The predicted molar refractivity (Wildman–Crippen MR) is 108 cm³/mol. The van der Waals surface area contributed by atoms with Crippen molar-refractivity contribution < 1.29 is 14.6 Å². The van der Waals surface area contributed by atoms with Crippen LogP contribution in [0.15, 0.2) is 24.3 Å². The molecule has 0 bridgehead atoms. The Morgan fingerprint density at radius 3 is 2.59 bits per heavy atom. The van der Waals surface area contributed by atoms with Crippen molar-refractivity contribution in [2.24, 2.45) is 5.92 Å². The monoisotopic (exact) mass is 405 g/mol. The van der Waals surface area contributed by atoms with Crippen LogP contribution in [0, 0.1) is 12.8 Å². The lowest BCUT2D eigenvalue weighted by atomic mass is 10.2. The van der Waals surface area contributed by atoms with Gasteiger partial charge in [0.05, 0.1) is 12.0 Å². The average Bonchev–Trinajstić information content (AvgIpc) is 2.95. The Bertz CT molecular complexity index is 986. The number of aromatic hydroxyl groups is 1. The highest BCUT2D eigenvalue weighted by atomic mass is 35.5. The number of aromatic nitrogens is 2. The molecule has 0 saturated heterocycles. The topological polar surface area (TPSA) is 75.5 Å². The molecule has 0 fully saturated rings. The number of aryl methyl sites for hydroxylation is 1. The highest BCUT2D eigenvalue weighted by molar-refractivity contribution is 7.20. The number of phenols is 1. The SMILES string of the molecule is Cc1c(C(=O)OCC(C)C)sc2nc(Cl)nc(N(C)c3ccc(O)cc3)c12. The molecule has 27 heavy (non-hydrogen) atoms. The molecule has 0 aliphatic heterocycles. The highest BCUT2D eigenvalue weighted by Crippen LogP contribution is 2.38. The van der Waals surface area contributed by atoms with E-state index in [0.29, 0.717) is 22.1 Å². The number of phenolic OH excluding ortho intramolecular Hbond substituents is 1. The largest absolute Gasteiger partial charge is 0.508 e. The molecule has 0 saturated carbocycles. The summed E-state index contributed by atoms with van der Waals surface area (Å²) in [5.74, 6) is 0.667. The second-order valence-corrected chi connectivity index (χ2v) is 7.96. The van der Waals surface area contributed by atoms with E-state index in [1.165, 1.54) is 11.3 Å². The molecule has 0 radical (unpaired) electrons. The Kier molecular flexibility index (Phi) is 5.53. The van der Waals surface area contributed by atoms with E-state index in [1.54, 1.807) is 24.3 Å². The minimum absolute atomic E-state index is 0.103. The van der Waals surface area contributed by atoms with Crippen molar-refractivity contribution in [3.8, 4) is 5.75 Å². The second-order valence-electron chi connectivity index (χ2n) is 6.62. The summed E-state index contributed by atoms with van der Waals surface area (Å²) in [6.45, 7) is 6.19. The Balaban J connectivity index is 2.08. The summed E-state index contributed by atoms with van der Waals surface area (Å²) in [6, 6.07) is 6.75. The standard InChI is InChI=1S/C19H20ClN3O3S/c1-10(2)9-26-18(25)15-11(3)14-16(21-19(20)22-17(14)27-15)23(4)12-5-7-13(24)8-6-12/h5-8,10,24H,9H2,1-4H3. The number of hydrogen-bond donors (Lipinski definition) is 1. The maximum Gasteiger partial charge on any atom is 0.348 e. The summed E-state index contributed by atoms with van der Waals surface area (Å²) in [5.41, 5.74) is 1.58. The maximum atomic E-state index is 12.5. The molecule has 6 nitrogen and oxygen atoms in total. The fourth-order valence-corrected chi connectivity index (χ4v) is 3.92. The third kappa shape index (κ3) is 3.99. The van der Waals surface area contributed by atoms with Gasteiger partial charge in [0.25, 0.3) is 0 Å². The highest BCUT2D eigenvalue weighted by Gasteiger charge is 2.23. The van der Waals surface area contributed by atoms with Crippen LogP contribution in [0.5, 0.6) is 5.75 Å². The Labute approximate surface area is 166 Å². The van der Waals surface area contributed by atoms with Crippen LogP contribution in [0.2, 0.25) is 5.28 Å². The maximum absolute atomic E-state index is 12.5. The van der Waals surface area contributed by atoms with E-state index in [1.807, 2.05) is 32.7 Å². The smallest absolute Gasteiger partial charge is 0.348 e. The van der Waals surface area contributed by atoms with Gasteiger partial charge in [0.1, 0.15) is 21.3 Å². The lowest BCUT2D eigenvalue weighted by Crippen LogP contribution is -2.12. The number of esters is 1. The molecule has 0 aliphatic carbocycles. The van der Waals surface area contributed by atoms with E-state index in [-0.39, 0.29) is 22.9 Å². The van der Waals surface area contributed by atoms with Crippen LogP contribution in [0.4, 0.5) is 11.5 Å². The molecule has 142 valence electrons. The number of carbonyl (C=O) groups is 1. The van der Waals surface area contributed by atoms with Crippen molar-refractivity contribution >= 4 is 50.6 Å². The minimum Gasteiger partial charge on any atom is -0.508 e. The van der Waals surface area contributed by atoms with E-state index >= 15 is 0 Å². The number of ether oxygens (including phenoxy) is 1. The van der Waals surface area contributed by atoms with Gasteiger partial charge >= 0.3 is 5.97 Å². The Morgan fingerprint density at radius 2 is 1.96 bits per heavy atom. The van der Waals surface area contributed by atoms with Gasteiger partial charge in [0.2, 0.25) is 5.28 Å². The molecular weight excluding hydrogens is 386 g/mol. The molecule has 1 aromatic carbocycles. The van der Waals surface area contributed by atoms with Crippen LogP contribution in [0.3, 0.4) is 0 Å². The first kappa shape index (κ1) is 19.4. The zero-order valence-electron chi connectivity index (χ0n) is 15.5. The number of anilines is 2. The molecule has 0 unspecified atom stereocenters. The first-order chi connectivity index (χ1) is 12.8. The summed E-state index contributed by atoms with van der Waals surface area (Å²) >= 11 is 7.38. The zero-order chi connectivity index (χ0) is 19.7. The van der Waals surface area contributed by atoms with Crippen molar-refractivity contribution in [1.82, 2.24) is 9.97 Å². The number of nitrogens with zero attached hydrogens (tertiary/aromatic N) is 3. The van der Waals surface area contributed by atoms with Crippen molar-refractivity contribution in [3.63, 3.8) is 0 Å². The van der Waals surface area contributed by atoms with Gasteiger partial charge in [0, 0.05) is 12.7 Å². The van der Waals surface area contributed by atoms with Gasteiger partial charge in [-0.15, -0.1) is 11.3 Å². The lowest BCUT2D eigenvalue weighted by molar-refractivity contribution is 0.0464. The van der Waals surface area contributed by atoms with Crippen molar-refractivity contribution in [2.45, 2.75) is 20.8 Å². The minimum atomic E-state index is -0.362. The van der Waals surface area contributed by atoms with Gasteiger partial charge in [-0.05, 0) is 54.3 Å². The third-order valence-corrected chi connectivity index (χ3v) is 5.37. The van der Waals surface area contributed by atoms with Gasteiger partial charge < -0.3 is 14.7 Å². The lowest BCUT2D eigenvalue weighted by Gasteiger charge is -2.19. The number of halogens is 1. The molecule has 0 spiro atoms. The summed E-state index contributed by atoms with van der Waals surface area (Å²) in [4.78, 5) is 24.1. The van der Waals surface area contributed by atoms with E-state index in [9.17, 15) is 9.90 Å². The fourth-order valence-electron chi connectivity index (χ4n) is 2.64. The number of benzene rings is 1. The summed E-state index contributed by atoms with van der Waals surface area (Å²) in [7, 11) is 1.85. The van der Waals surface area contributed by atoms with E-state index in [0.717, 1.165) is 16.6 Å². The van der Waals surface area contributed by atoms with Gasteiger partial charge in [-0.1, -0.05) is 13.8 Å². The molecule has 0 amide bonds. The Morgan fingerprint density at radius 1 is 1.30 bits per heavy atom. The third-order valence-electron chi connectivity index (χ3n) is 4.03. The number of carbonyl (C=O) groups excluding carboxylic acids is 1. The summed E-state index contributed by atoms with van der Waals surface area (Å²) < 4.78 is 5.38. The van der Waals surface area contributed by atoms with Crippen molar-refractivity contribution in [2.75, 3.05) is 18.6 Å². The summed E-state index contributed by atoms with van der Waals surface area (Å²) in [5, 5.41) is 10.4. The van der Waals surface area contributed by atoms with Crippen LogP contribution >= 0.6 is 22.9 Å². The molecule has 8 heteroatoms. The number of hydrogen-bond acceptors (Lipinski definition) is 7. The van der Waals surface area contributed by atoms with Crippen LogP contribution in [0.25, 0.3) is 10.2 Å². The molecule has 2 aromatic heterocycles. The summed E-state index contributed by atoms with van der Waals surface area (Å²) in [6.07, 6.45) is 0. The van der Waals surface area contributed by atoms with Gasteiger partial charge in [-0.3, -0.25) is 0 Å². The first-order valence-electron chi connectivity index (χ1n) is 8.44. The normalized spacial score (nSPS) is 11.2. The van der Waals surface area contributed by atoms with Gasteiger partial charge in [-0.25, -0.2) is 9.78 Å². The van der Waals surface area contributed by atoms with Gasteiger partial charge in [-0.2, -0.15) is 4.98 Å². The molecule has 0 aliphatic rings. The zero-order valence-corrected chi connectivity index (χ0v) is 17.1. The second kappa shape index (κ2) is 7.70. The first-order valence-corrected chi connectivity index (χ1v) is 9.64. The van der Waals surface area contributed by atoms with Crippen LogP contribution in [-0.4, -0.2) is 34.7 Å². The fraction of sp³-hybridized carbons (Fsp3) is 0.316. The van der Waals surface area contributed by atoms with Gasteiger partial charge in [0.15, 0.2) is 0 Å². The van der Waals surface area contributed by atoms with Crippen LogP contribution < -0.4 is 4.90 Å². The van der Waals surface area contributed by atoms with Crippen LogP contribution in [-0.2, 0) is 4.74 Å². The quantitative estimate of drug-likeness (QED) is 0.478. The molecule has 3 rings (SSSR count). The van der Waals surface area contributed by atoms with E-state index in [4.69, 9.17) is 16.3 Å². The molecule has 3 aromatic rings. The number of rotatable bonds is 5. The predicted octanol–water partition coefficient (Wildman–Crippen LogP) is 4.94. The van der Waals surface area contributed by atoms with Crippen molar-refractivity contribution in [1.29, 1.82) is 0 Å². The Hall–Kier alpha value is -2.38. The molecule has 2 heterocycles. The molecule has 1 N–H and O–H groups in total. The molecular formula is C19H20ClN3O3S.